The highest BCUT2D eigenvalue weighted by Gasteiger charge is 1.95. The lowest BCUT2D eigenvalue weighted by Gasteiger charge is -2.01. The van der Waals surface area contributed by atoms with Gasteiger partial charge in [-0.3, -0.25) is 0 Å². The summed E-state index contributed by atoms with van der Waals surface area (Å²) in [5.41, 5.74) is 2.32. The van der Waals surface area contributed by atoms with Crippen LogP contribution in [0.4, 0.5) is 0 Å². The summed E-state index contributed by atoms with van der Waals surface area (Å²) in [4.78, 5) is 0. The molecule has 0 nitrogen and oxygen atoms in total. The van der Waals surface area contributed by atoms with Crippen LogP contribution in [-0.4, -0.2) is 0 Å². The molecule has 0 aromatic rings. The van der Waals surface area contributed by atoms with Gasteiger partial charge in [0.25, 0.3) is 0 Å². The Balaban J connectivity index is -0.000000739. The van der Waals surface area contributed by atoms with Crippen LogP contribution < -0.4 is 0 Å². The average molecular weight is 287 g/mol. The third-order valence-corrected chi connectivity index (χ3v) is 2.02. The predicted molar refractivity (Wildman–Crippen MR) is 103 cm³/mol. The molecule has 0 aliphatic heterocycles. The average Bonchev–Trinajstić information content (AvgIpc) is 2.54. The van der Waals surface area contributed by atoms with Gasteiger partial charge in [-0.15, -0.1) is 0 Å². The van der Waals surface area contributed by atoms with Gasteiger partial charge < -0.3 is 0 Å². The van der Waals surface area contributed by atoms with E-state index >= 15 is 0 Å². The third-order valence-electron chi connectivity index (χ3n) is 2.02. The maximum Gasteiger partial charge on any atom is -0.0184 e. The highest BCUT2D eigenvalue weighted by atomic mass is 14.0. The van der Waals surface area contributed by atoms with Crippen LogP contribution >= 0.6 is 0 Å². The summed E-state index contributed by atoms with van der Waals surface area (Å²) in [7, 11) is 0. The van der Waals surface area contributed by atoms with Gasteiger partial charge in [0.1, 0.15) is 0 Å². The fourth-order valence-electron chi connectivity index (χ4n) is 1.27. The van der Waals surface area contributed by atoms with Crippen molar-refractivity contribution in [2.75, 3.05) is 0 Å². The number of allylic oxidation sites excluding steroid dienone is 13. The molecule has 0 atom stereocenters. The van der Waals surface area contributed by atoms with E-state index in [0.717, 1.165) is 5.57 Å². The minimum Gasteiger partial charge on any atom is -0.0990 e. The van der Waals surface area contributed by atoms with E-state index < -0.39 is 0 Å². The Labute approximate surface area is 133 Å². The fraction of sp³-hybridized carbons (Fsp3) is 0.333. The first kappa shape index (κ1) is 24.2. The van der Waals surface area contributed by atoms with Crippen molar-refractivity contribution in [3.05, 3.63) is 84.6 Å². The minimum absolute atomic E-state index is 1.15. The molecule has 0 spiro atoms. The van der Waals surface area contributed by atoms with Crippen LogP contribution in [0.5, 0.6) is 0 Å². The van der Waals surface area contributed by atoms with Crippen LogP contribution in [0, 0.1) is 0 Å². The molecule has 118 valence electrons. The SMILES string of the molecule is C=C/C=C(\C=C/C)C(/C=C\C=C\C)=C/C=C\C.CC.CC. The summed E-state index contributed by atoms with van der Waals surface area (Å²) in [6.07, 6.45) is 22.2. The van der Waals surface area contributed by atoms with Gasteiger partial charge in [0.2, 0.25) is 0 Å². The zero-order valence-corrected chi connectivity index (χ0v) is 15.1. The van der Waals surface area contributed by atoms with Crippen LogP contribution in [0.25, 0.3) is 0 Å². The van der Waals surface area contributed by atoms with Crippen molar-refractivity contribution in [1.29, 1.82) is 0 Å². The van der Waals surface area contributed by atoms with E-state index in [4.69, 9.17) is 0 Å². The maximum absolute atomic E-state index is 3.75. The van der Waals surface area contributed by atoms with E-state index in [0.29, 0.717) is 0 Å². The molecule has 0 fully saturated rings. The van der Waals surface area contributed by atoms with Crippen molar-refractivity contribution in [1.82, 2.24) is 0 Å². The first-order valence-corrected chi connectivity index (χ1v) is 7.88. The topological polar surface area (TPSA) is 0 Å². The van der Waals surface area contributed by atoms with Crippen molar-refractivity contribution in [2.45, 2.75) is 48.5 Å². The Morgan fingerprint density at radius 3 is 1.57 bits per heavy atom. The van der Waals surface area contributed by atoms with Crippen molar-refractivity contribution < 1.29 is 0 Å². The Kier molecular flexibility index (Phi) is 26.9. The summed E-state index contributed by atoms with van der Waals surface area (Å²) < 4.78 is 0. The van der Waals surface area contributed by atoms with E-state index in [1.54, 1.807) is 0 Å². The predicted octanol–water partition coefficient (Wildman–Crippen LogP) is 7.36. The molecular weight excluding hydrogens is 252 g/mol. The van der Waals surface area contributed by atoms with Crippen LogP contribution in [0.1, 0.15) is 48.5 Å². The van der Waals surface area contributed by atoms with Crippen LogP contribution in [-0.2, 0) is 0 Å². The second-order valence-corrected chi connectivity index (χ2v) is 3.39. The summed E-state index contributed by atoms with van der Waals surface area (Å²) in [6, 6.07) is 0. The molecule has 0 aliphatic carbocycles. The Morgan fingerprint density at radius 2 is 1.14 bits per heavy atom. The summed E-state index contributed by atoms with van der Waals surface area (Å²) in [6.45, 7) is 17.8. The summed E-state index contributed by atoms with van der Waals surface area (Å²) >= 11 is 0. The molecule has 0 bridgehead atoms. The van der Waals surface area contributed by atoms with Gasteiger partial charge in [0.15, 0.2) is 0 Å². The van der Waals surface area contributed by atoms with E-state index in [1.807, 2.05) is 97.1 Å². The molecular formula is C21H34. The zero-order chi connectivity index (χ0) is 16.9. The molecule has 0 saturated carbocycles. The van der Waals surface area contributed by atoms with Crippen molar-refractivity contribution in [2.24, 2.45) is 0 Å². The van der Waals surface area contributed by atoms with E-state index in [2.05, 4.69) is 24.8 Å². The minimum atomic E-state index is 1.15. The molecule has 0 radical (unpaired) electrons. The van der Waals surface area contributed by atoms with Gasteiger partial charge in [-0.2, -0.15) is 0 Å². The van der Waals surface area contributed by atoms with Gasteiger partial charge >= 0.3 is 0 Å². The highest BCUT2D eigenvalue weighted by Crippen LogP contribution is 2.14. The van der Waals surface area contributed by atoms with Gasteiger partial charge in [0.05, 0.1) is 0 Å². The lowest BCUT2D eigenvalue weighted by Crippen LogP contribution is -1.82. The number of rotatable bonds is 6. The number of hydrogen-bond acceptors (Lipinski definition) is 0. The maximum atomic E-state index is 3.75. The molecule has 0 rings (SSSR count). The van der Waals surface area contributed by atoms with Gasteiger partial charge in [-0.05, 0) is 31.9 Å². The second-order valence-electron chi connectivity index (χ2n) is 3.39. The number of hydrogen-bond donors (Lipinski definition) is 0. The molecule has 0 unspecified atom stereocenters. The van der Waals surface area contributed by atoms with Crippen LogP contribution in [0.15, 0.2) is 84.6 Å². The summed E-state index contributed by atoms with van der Waals surface area (Å²) in [5, 5.41) is 0. The lowest BCUT2D eigenvalue weighted by atomic mass is 10.0. The largest absolute Gasteiger partial charge is 0.0990 e. The van der Waals surface area contributed by atoms with Gasteiger partial charge in [0, 0.05) is 0 Å². The normalized spacial score (nSPS) is 12.5. The van der Waals surface area contributed by atoms with Crippen molar-refractivity contribution in [3.63, 3.8) is 0 Å². The Bertz CT molecular complexity index is 382. The second kappa shape index (κ2) is 23.3. The Hall–Kier alpha value is -1.82. The molecule has 0 amide bonds. The van der Waals surface area contributed by atoms with Gasteiger partial charge in [-0.25, -0.2) is 0 Å². The van der Waals surface area contributed by atoms with Crippen LogP contribution in [0.3, 0.4) is 0 Å². The quantitative estimate of drug-likeness (QED) is 0.447. The molecule has 0 aromatic heterocycles. The van der Waals surface area contributed by atoms with Crippen molar-refractivity contribution in [3.8, 4) is 0 Å². The molecule has 0 saturated heterocycles. The molecule has 0 N–H and O–H groups in total. The molecule has 0 heteroatoms. The van der Waals surface area contributed by atoms with Crippen molar-refractivity contribution >= 4 is 0 Å². The monoisotopic (exact) mass is 286 g/mol. The Morgan fingerprint density at radius 1 is 0.619 bits per heavy atom. The fourth-order valence-corrected chi connectivity index (χ4v) is 1.27. The molecule has 0 heterocycles. The van der Waals surface area contributed by atoms with E-state index in [-0.39, 0.29) is 0 Å². The van der Waals surface area contributed by atoms with Gasteiger partial charge in [-0.1, -0.05) is 101 Å². The smallest absolute Gasteiger partial charge is 0.0184 e. The first-order chi connectivity index (χ1) is 10.3. The van der Waals surface area contributed by atoms with E-state index in [9.17, 15) is 0 Å². The molecule has 0 aliphatic rings. The highest BCUT2D eigenvalue weighted by molar-refractivity contribution is 5.49. The zero-order valence-electron chi connectivity index (χ0n) is 15.1. The molecule has 0 aromatic carbocycles. The van der Waals surface area contributed by atoms with E-state index in [1.165, 1.54) is 5.57 Å². The molecule has 21 heavy (non-hydrogen) atoms. The van der Waals surface area contributed by atoms with Crippen LogP contribution in [0.2, 0.25) is 0 Å². The summed E-state index contributed by atoms with van der Waals surface area (Å²) in [5.74, 6) is 0. The third kappa shape index (κ3) is 16.1. The lowest BCUT2D eigenvalue weighted by molar-refractivity contribution is 1.50. The standard InChI is InChI=1S/C17H22.2C2H6/c1-5-9-11-15-17(14-10-6-2)16(12-7-3)13-8-4;2*1-2/h5-15H,3H2,1-2,4H3;2*1-2H3/b9-5+,10-6-,13-8-,15-11-,16-12+,17-14+;;. The first-order valence-electron chi connectivity index (χ1n) is 7.88.